The highest BCUT2D eigenvalue weighted by Crippen LogP contribution is 2.46. The van der Waals surface area contributed by atoms with Crippen molar-refractivity contribution in [2.24, 2.45) is 0 Å². The Kier molecular flexibility index (Phi) is 2.30. The highest BCUT2D eigenvalue weighted by molar-refractivity contribution is 7.18. The van der Waals surface area contributed by atoms with Crippen LogP contribution < -0.4 is 4.74 Å². The van der Waals surface area contributed by atoms with Gasteiger partial charge in [0.15, 0.2) is 5.78 Å². The average Bonchev–Trinajstić information content (AvgIpc) is 3.02. The first-order valence-corrected chi connectivity index (χ1v) is 7.32. The van der Waals surface area contributed by atoms with Gasteiger partial charge in [-0.05, 0) is 36.1 Å². The Balaban J connectivity index is 2.16. The van der Waals surface area contributed by atoms with E-state index in [4.69, 9.17) is 4.74 Å². The van der Waals surface area contributed by atoms with E-state index >= 15 is 0 Å². The Morgan fingerprint density at radius 1 is 1.05 bits per heavy atom. The summed E-state index contributed by atoms with van der Waals surface area (Å²) >= 11 is 1.66. The molecule has 2 aromatic carbocycles. The number of carbonyl (C=O) groups excluding carboxylic acids is 1. The molecule has 4 rings (SSSR count). The molecule has 98 valence electrons. The molecule has 0 N–H and O–H groups in total. The van der Waals surface area contributed by atoms with Crippen molar-refractivity contribution in [3.8, 4) is 16.9 Å². The monoisotopic (exact) mass is 280 g/mol. The molecule has 1 aromatic heterocycles. The number of methoxy groups -OCH3 is 1. The van der Waals surface area contributed by atoms with Crippen LogP contribution in [0.4, 0.5) is 0 Å². The number of thiophene rings is 1. The van der Waals surface area contributed by atoms with Crippen molar-refractivity contribution in [1.29, 1.82) is 0 Å². The molecule has 0 amide bonds. The van der Waals surface area contributed by atoms with E-state index < -0.39 is 0 Å². The summed E-state index contributed by atoms with van der Waals surface area (Å²) in [6.45, 7) is 2.01. The number of ketones is 1. The van der Waals surface area contributed by atoms with Gasteiger partial charge in [0.05, 0.1) is 7.11 Å². The summed E-state index contributed by atoms with van der Waals surface area (Å²) in [7, 11) is 1.65. The number of ether oxygens (including phenoxy) is 1. The molecule has 0 saturated carbocycles. The van der Waals surface area contributed by atoms with E-state index in [2.05, 4.69) is 18.2 Å². The summed E-state index contributed by atoms with van der Waals surface area (Å²) in [4.78, 5) is 12.6. The number of aryl methyl sites for hydroxylation is 1. The van der Waals surface area contributed by atoms with Gasteiger partial charge in [0.25, 0.3) is 0 Å². The third kappa shape index (κ3) is 1.36. The minimum atomic E-state index is 0.104. The summed E-state index contributed by atoms with van der Waals surface area (Å²) in [6, 6.07) is 10.0. The zero-order valence-corrected chi connectivity index (χ0v) is 12.0. The smallest absolute Gasteiger partial charge is 0.194 e. The molecular weight excluding hydrogens is 268 g/mol. The Morgan fingerprint density at radius 3 is 2.70 bits per heavy atom. The van der Waals surface area contributed by atoms with Crippen molar-refractivity contribution < 1.29 is 9.53 Å². The number of hydrogen-bond acceptors (Lipinski definition) is 3. The van der Waals surface area contributed by atoms with Crippen LogP contribution in [-0.4, -0.2) is 12.9 Å². The molecule has 20 heavy (non-hydrogen) atoms. The lowest BCUT2D eigenvalue weighted by molar-refractivity contribution is 0.104. The maximum absolute atomic E-state index is 12.6. The predicted octanol–water partition coefficient (Wildman–Crippen LogP) is 4.43. The molecule has 0 saturated heterocycles. The van der Waals surface area contributed by atoms with E-state index in [9.17, 15) is 4.79 Å². The summed E-state index contributed by atoms with van der Waals surface area (Å²) in [5.41, 5.74) is 4.79. The van der Waals surface area contributed by atoms with Gasteiger partial charge in [-0.2, -0.15) is 0 Å². The lowest BCUT2D eigenvalue weighted by Gasteiger charge is -2.07. The SMILES string of the molecule is COc1cc2c(c3sccc13)-c1ccc(C)cc1C2=O. The minimum absolute atomic E-state index is 0.104. The van der Waals surface area contributed by atoms with Crippen molar-refractivity contribution in [2.45, 2.75) is 6.92 Å². The van der Waals surface area contributed by atoms with Gasteiger partial charge in [-0.25, -0.2) is 0 Å². The maximum Gasteiger partial charge on any atom is 0.194 e. The molecule has 1 heterocycles. The van der Waals surface area contributed by atoms with Gasteiger partial charge in [0.1, 0.15) is 5.75 Å². The maximum atomic E-state index is 12.6. The fraction of sp³-hybridized carbons (Fsp3) is 0.118. The molecule has 1 aliphatic carbocycles. The first kappa shape index (κ1) is 11.7. The molecule has 0 aliphatic heterocycles. The van der Waals surface area contributed by atoms with Crippen LogP contribution in [0.3, 0.4) is 0 Å². The minimum Gasteiger partial charge on any atom is -0.496 e. The number of hydrogen-bond donors (Lipinski definition) is 0. The molecule has 0 spiro atoms. The summed E-state index contributed by atoms with van der Waals surface area (Å²) in [6.07, 6.45) is 0. The fourth-order valence-corrected chi connectivity index (χ4v) is 3.90. The van der Waals surface area contributed by atoms with Gasteiger partial charge >= 0.3 is 0 Å². The highest BCUT2D eigenvalue weighted by atomic mass is 32.1. The standard InChI is InChI=1S/C17H12O2S/c1-9-3-4-10-12(7-9)16(18)13-8-14(19-2)11-5-6-20-17(11)15(10)13/h3-8H,1-2H3. The first-order chi connectivity index (χ1) is 9.70. The molecule has 0 radical (unpaired) electrons. The van der Waals surface area contributed by atoms with Crippen LogP contribution in [0.1, 0.15) is 21.5 Å². The van der Waals surface area contributed by atoms with E-state index in [1.54, 1.807) is 18.4 Å². The quantitative estimate of drug-likeness (QED) is 0.515. The highest BCUT2D eigenvalue weighted by Gasteiger charge is 2.30. The lowest BCUT2D eigenvalue weighted by atomic mass is 10.0. The first-order valence-electron chi connectivity index (χ1n) is 6.44. The van der Waals surface area contributed by atoms with Crippen LogP contribution in [0.5, 0.6) is 5.75 Å². The fourth-order valence-electron chi connectivity index (χ4n) is 2.92. The second-order valence-corrected chi connectivity index (χ2v) is 5.96. The van der Waals surface area contributed by atoms with E-state index in [-0.39, 0.29) is 5.78 Å². The Morgan fingerprint density at radius 2 is 1.90 bits per heavy atom. The van der Waals surface area contributed by atoms with Crippen LogP contribution >= 0.6 is 11.3 Å². The Labute approximate surface area is 120 Å². The van der Waals surface area contributed by atoms with Crippen LogP contribution in [0.15, 0.2) is 35.7 Å². The summed E-state index contributed by atoms with van der Waals surface area (Å²) in [5.74, 6) is 0.880. The summed E-state index contributed by atoms with van der Waals surface area (Å²) in [5, 5.41) is 3.13. The van der Waals surface area contributed by atoms with E-state index in [1.165, 1.54) is 0 Å². The van der Waals surface area contributed by atoms with Gasteiger partial charge in [0.2, 0.25) is 0 Å². The van der Waals surface area contributed by atoms with Crippen LogP contribution in [0.25, 0.3) is 21.2 Å². The van der Waals surface area contributed by atoms with E-state index in [0.29, 0.717) is 0 Å². The molecule has 3 heteroatoms. The van der Waals surface area contributed by atoms with Crippen molar-refractivity contribution in [2.75, 3.05) is 7.11 Å². The van der Waals surface area contributed by atoms with Crippen LogP contribution in [0, 0.1) is 6.92 Å². The van der Waals surface area contributed by atoms with E-state index in [0.717, 1.165) is 43.7 Å². The average molecular weight is 280 g/mol. The Bertz CT molecular complexity index is 874. The molecule has 0 atom stereocenters. The normalized spacial score (nSPS) is 12.6. The molecule has 3 aromatic rings. The molecule has 0 unspecified atom stereocenters. The number of benzene rings is 2. The molecule has 0 bridgehead atoms. The molecule has 0 fully saturated rings. The van der Waals surface area contributed by atoms with Gasteiger partial charge < -0.3 is 4.74 Å². The van der Waals surface area contributed by atoms with Crippen molar-refractivity contribution in [3.63, 3.8) is 0 Å². The molecule has 2 nitrogen and oxygen atoms in total. The van der Waals surface area contributed by atoms with Crippen molar-refractivity contribution >= 4 is 27.2 Å². The van der Waals surface area contributed by atoms with Gasteiger partial charge in [0, 0.05) is 26.8 Å². The Hall–Kier alpha value is -2.13. The molecule has 1 aliphatic rings. The van der Waals surface area contributed by atoms with Gasteiger partial charge in [-0.1, -0.05) is 17.7 Å². The largest absolute Gasteiger partial charge is 0.496 e. The second kappa shape index (κ2) is 3.93. The predicted molar refractivity (Wildman–Crippen MR) is 82.0 cm³/mol. The number of rotatable bonds is 1. The van der Waals surface area contributed by atoms with Crippen molar-refractivity contribution in [3.05, 3.63) is 52.4 Å². The zero-order valence-electron chi connectivity index (χ0n) is 11.2. The number of carbonyl (C=O) groups is 1. The number of fused-ring (bicyclic) bond motifs is 5. The van der Waals surface area contributed by atoms with Gasteiger partial charge in [-0.3, -0.25) is 4.79 Å². The van der Waals surface area contributed by atoms with Crippen molar-refractivity contribution in [1.82, 2.24) is 0 Å². The lowest BCUT2D eigenvalue weighted by Crippen LogP contribution is -1.96. The third-order valence-electron chi connectivity index (χ3n) is 3.86. The van der Waals surface area contributed by atoms with Crippen LogP contribution in [0.2, 0.25) is 0 Å². The topological polar surface area (TPSA) is 26.3 Å². The zero-order chi connectivity index (χ0) is 13.9. The van der Waals surface area contributed by atoms with Crippen LogP contribution in [-0.2, 0) is 0 Å². The molecular formula is C17H12O2S. The van der Waals surface area contributed by atoms with Gasteiger partial charge in [-0.15, -0.1) is 11.3 Å². The second-order valence-electron chi connectivity index (χ2n) is 5.04. The van der Waals surface area contributed by atoms with E-state index in [1.807, 2.05) is 24.4 Å². The summed E-state index contributed by atoms with van der Waals surface area (Å²) < 4.78 is 6.57. The third-order valence-corrected chi connectivity index (χ3v) is 4.79.